The first-order valence-corrected chi connectivity index (χ1v) is 7.90. The van der Waals surface area contributed by atoms with Crippen LogP contribution in [0.1, 0.15) is 38.7 Å². The zero-order chi connectivity index (χ0) is 15.9. The molecule has 1 saturated heterocycles. The normalized spacial score (nSPS) is 19.5. The molecule has 1 fully saturated rings. The molecule has 0 aromatic heterocycles. The van der Waals surface area contributed by atoms with Crippen molar-refractivity contribution in [2.75, 3.05) is 13.1 Å². The molecule has 1 atom stereocenters. The first-order valence-electron chi connectivity index (χ1n) is 7.90. The summed E-state index contributed by atoms with van der Waals surface area (Å²) >= 11 is 0. The zero-order valence-corrected chi connectivity index (χ0v) is 13.3. The third kappa shape index (κ3) is 4.72. The molecule has 22 heavy (non-hydrogen) atoms. The van der Waals surface area contributed by atoms with Crippen LogP contribution in [0.15, 0.2) is 36.0 Å². The van der Waals surface area contributed by atoms with Gasteiger partial charge >= 0.3 is 0 Å². The van der Waals surface area contributed by atoms with Gasteiger partial charge in [0.05, 0.1) is 0 Å². The molecule has 1 aromatic carbocycles. The van der Waals surface area contributed by atoms with E-state index >= 15 is 0 Å². The van der Waals surface area contributed by atoms with Gasteiger partial charge in [-0.15, -0.1) is 0 Å². The Balaban J connectivity index is 2.19. The molecule has 0 saturated carbocycles. The zero-order valence-electron chi connectivity index (χ0n) is 13.3. The maximum Gasteiger partial charge on any atom is 0.270 e. The second-order valence-corrected chi connectivity index (χ2v) is 5.98. The number of carbonyl (C=O) groups is 2. The fourth-order valence-corrected chi connectivity index (χ4v) is 2.69. The number of amides is 2. The fourth-order valence-electron chi connectivity index (χ4n) is 2.69. The van der Waals surface area contributed by atoms with Crippen LogP contribution in [-0.4, -0.2) is 29.8 Å². The van der Waals surface area contributed by atoms with Crippen LogP contribution in [0.3, 0.4) is 0 Å². The van der Waals surface area contributed by atoms with Gasteiger partial charge in [-0.05, 0) is 36.8 Å². The van der Waals surface area contributed by atoms with E-state index in [0.717, 1.165) is 37.9 Å². The van der Waals surface area contributed by atoms with Crippen LogP contribution >= 0.6 is 0 Å². The fraction of sp³-hybridized carbons (Fsp3) is 0.444. The molecule has 0 spiro atoms. The van der Waals surface area contributed by atoms with Crippen molar-refractivity contribution in [1.82, 2.24) is 10.2 Å². The van der Waals surface area contributed by atoms with Crippen LogP contribution in [0.4, 0.5) is 0 Å². The average Bonchev–Trinajstić information content (AvgIpc) is 2.71. The highest BCUT2D eigenvalue weighted by atomic mass is 16.2. The van der Waals surface area contributed by atoms with Crippen LogP contribution < -0.4 is 5.32 Å². The summed E-state index contributed by atoms with van der Waals surface area (Å²) in [6, 6.07) is 9.58. The minimum atomic E-state index is -0.223. The maximum absolute atomic E-state index is 12.7. The highest BCUT2D eigenvalue weighted by molar-refractivity contribution is 6.00. The Morgan fingerprint density at radius 2 is 1.91 bits per heavy atom. The molecule has 0 bridgehead atoms. The lowest BCUT2D eigenvalue weighted by atomic mass is 10.0. The molecule has 1 N–H and O–H groups in total. The minimum absolute atomic E-state index is 0.0897. The molecular formula is C18H24N2O2. The van der Waals surface area contributed by atoms with Crippen molar-refractivity contribution >= 4 is 17.9 Å². The lowest BCUT2D eigenvalue weighted by molar-refractivity contribution is -0.129. The van der Waals surface area contributed by atoms with Crippen molar-refractivity contribution in [1.29, 1.82) is 0 Å². The Bertz CT molecular complexity index is 551. The SMILES string of the molecule is CC(=O)N/C(=C/c1ccccc1)C(=O)N1CCCC(C)CC1. The van der Waals surface area contributed by atoms with E-state index in [9.17, 15) is 9.59 Å². The Kier molecular flexibility index (Phi) is 5.75. The molecule has 2 amide bonds. The topological polar surface area (TPSA) is 49.4 Å². The highest BCUT2D eigenvalue weighted by Gasteiger charge is 2.22. The average molecular weight is 300 g/mol. The van der Waals surface area contributed by atoms with Crippen molar-refractivity contribution in [3.8, 4) is 0 Å². The van der Waals surface area contributed by atoms with Crippen LogP contribution in [0.5, 0.6) is 0 Å². The van der Waals surface area contributed by atoms with Crippen molar-refractivity contribution in [3.05, 3.63) is 41.6 Å². The highest BCUT2D eigenvalue weighted by Crippen LogP contribution is 2.18. The number of hydrogen-bond donors (Lipinski definition) is 1. The van der Waals surface area contributed by atoms with Gasteiger partial charge in [-0.3, -0.25) is 9.59 Å². The van der Waals surface area contributed by atoms with Gasteiger partial charge in [-0.25, -0.2) is 0 Å². The van der Waals surface area contributed by atoms with E-state index < -0.39 is 0 Å². The summed E-state index contributed by atoms with van der Waals surface area (Å²) in [5, 5.41) is 2.69. The van der Waals surface area contributed by atoms with E-state index in [1.165, 1.54) is 6.92 Å². The van der Waals surface area contributed by atoms with Crippen molar-refractivity contribution < 1.29 is 9.59 Å². The number of nitrogens with zero attached hydrogens (tertiary/aromatic N) is 1. The van der Waals surface area contributed by atoms with E-state index in [0.29, 0.717) is 11.6 Å². The van der Waals surface area contributed by atoms with Crippen molar-refractivity contribution in [2.24, 2.45) is 5.92 Å². The minimum Gasteiger partial charge on any atom is -0.337 e. The Morgan fingerprint density at radius 3 is 2.59 bits per heavy atom. The van der Waals surface area contributed by atoms with Gasteiger partial charge in [0.2, 0.25) is 5.91 Å². The predicted molar refractivity (Wildman–Crippen MR) is 87.8 cm³/mol. The van der Waals surface area contributed by atoms with Crippen LogP contribution in [0.25, 0.3) is 6.08 Å². The molecule has 2 rings (SSSR count). The molecule has 4 heteroatoms. The smallest absolute Gasteiger partial charge is 0.270 e. The molecule has 0 aliphatic carbocycles. The first-order chi connectivity index (χ1) is 10.6. The van der Waals surface area contributed by atoms with E-state index in [2.05, 4.69) is 12.2 Å². The molecule has 1 aliphatic heterocycles. The number of likely N-dealkylation sites (tertiary alicyclic amines) is 1. The van der Waals surface area contributed by atoms with Gasteiger partial charge in [0, 0.05) is 20.0 Å². The van der Waals surface area contributed by atoms with Crippen LogP contribution in [0.2, 0.25) is 0 Å². The Labute approximate surface area is 132 Å². The summed E-state index contributed by atoms with van der Waals surface area (Å²) in [7, 11) is 0. The van der Waals surface area contributed by atoms with Crippen LogP contribution in [0, 0.1) is 5.92 Å². The monoisotopic (exact) mass is 300 g/mol. The van der Waals surface area contributed by atoms with E-state index in [4.69, 9.17) is 0 Å². The quantitative estimate of drug-likeness (QED) is 0.873. The number of benzene rings is 1. The number of carbonyl (C=O) groups excluding carboxylic acids is 2. The Morgan fingerprint density at radius 1 is 1.18 bits per heavy atom. The standard InChI is InChI=1S/C18H24N2O2/c1-14-7-6-11-20(12-10-14)18(22)17(19-15(2)21)13-16-8-4-3-5-9-16/h3-5,8-9,13-14H,6-7,10-12H2,1-2H3,(H,19,21)/b17-13+. The molecule has 1 aliphatic rings. The van der Waals surface area contributed by atoms with Gasteiger partial charge in [0.1, 0.15) is 5.70 Å². The largest absolute Gasteiger partial charge is 0.337 e. The summed E-state index contributed by atoms with van der Waals surface area (Å²) in [6.07, 6.45) is 4.94. The van der Waals surface area contributed by atoms with E-state index in [-0.39, 0.29) is 11.8 Å². The second-order valence-electron chi connectivity index (χ2n) is 5.98. The number of hydrogen-bond acceptors (Lipinski definition) is 2. The van der Waals surface area contributed by atoms with Gasteiger partial charge in [-0.2, -0.15) is 0 Å². The second kappa shape index (κ2) is 7.78. The summed E-state index contributed by atoms with van der Waals surface area (Å²) < 4.78 is 0. The van der Waals surface area contributed by atoms with E-state index in [1.54, 1.807) is 6.08 Å². The molecule has 0 radical (unpaired) electrons. The van der Waals surface area contributed by atoms with Crippen molar-refractivity contribution in [2.45, 2.75) is 33.1 Å². The van der Waals surface area contributed by atoms with Crippen molar-refractivity contribution in [3.63, 3.8) is 0 Å². The third-order valence-electron chi connectivity index (χ3n) is 3.96. The molecule has 118 valence electrons. The molecule has 1 heterocycles. The molecule has 4 nitrogen and oxygen atoms in total. The summed E-state index contributed by atoms with van der Waals surface area (Å²) in [5.41, 5.74) is 1.26. The summed E-state index contributed by atoms with van der Waals surface area (Å²) in [4.78, 5) is 26.0. The van der Waals surface area contributed by atoms with Gasteiger partial charge in [0.15, 0.2) is 0 Å². The molecule has 1 aromatic rings. The third-order valence-corrected chi connectivity index (χ3v) is 3.96. The van der Waals surface area contributed by atoms with Gasteiger partial charge in [-0.1, -0.05) is 37.3 Å². The van der Waals surface area contributed by atoms with Gasteiger partial charge in [0.25, 0.3) is 5.91 Å². The number of nitrogens with one attached hydrogen (secondary N) is 1. The Hall–Kier alpha value is -2.10. The molecular weight excluding hydrogens is 276 g/mol. The van der Waals surface area contributed by atoms with E-state index in [1.807, 2.05) is 35.2 Å². The molecule has 1 unspecified atom stereocenters. The van der Waals surface area contributed by atoms with Crippen LogP contribution in [-0.2, 0) is 9.59 Å². The lowest BCUT2D eigenvalue weighted by Gasteiger charge is -2.22. The maximum atomic E-state index is 12.7. The summed E-state index contributed by atoms with van der Waals surface area (Å²) in [6.45, 7) is 5.17. The number of rotatable bonds is 3. The lowest BCUT2D eigenvalue weighted by Crippen LogP contribution is -2.38. The predicted octanol–water partition coefficient (Wildman–Crippen LogP) is 2.81. The van der Waals surface area contributed by atoms with Gasteiger partial charge < -0.3 is 10.2 Å². The summed E-state index contributed by atoms with van der Waals surface area (Å²) in [5.74, 6) is 0.340. The first kappa shape index (κ1) is 16.3.